The molecule has 0 radical (unpaired) electrons. The lowest BCUT2D eigenvalue weighted by atomic mass is 9.93. The molecule has 0 spiro atoms. The highest BCUT2D eigenvalue weighted by molar-refractivity contribution is 6.33. The molecule has 2 fully saturated rings. The highest BCUT2D eigenvalue weighted by atomic mass is 35.5. The molecule has 16 heteroatoms. The number of carbonyl (C=O) groups excluding carboxylic acids is 2. The summed E-state index contributed by atoms with van der Waals surface area (Å²) in [7, 11) is 3.51. The summed E-state index contributed by atoms with van der Waals surface area (Å²) in [5.74, 6) is -0.433. The predicted molar refractivity (Wildman–Crippen MR) is 193 cm³/mol. The lowest BCUT2D eigenvalue weighted by Gasteiger charge is -2.35. The van der Waals surface area contributed by atoms with Gasteiger partial charge in [-0.2, -0.15) is 10.1 Å². The van der Waals surface area contributed by atoms with Gasteiger partial charge in [-0.1, -0.05) is 11.6 Å². The number of carbonyl (C=O) groups is 2. The second-order valence-corrected chi connectivity index (χ2v) is 14.4. The zero-order valence-corrected chi connectivity index (χ0v) is 29.5. The average molecular weight is 719 g/mol. The standard InChI is InChI=1S/C35H40ClFN10O4/c1-35(2,51)12-14-47-28-16-20(6-9-26(28)44(3)34(47)50)40-31-23(36)17-38-33(42-31)46-13-11-25(24(37)18-46)39-19-5-7-21-27(15-19)45(4)43-30(21)22-8-10-29(48)41-32(22)49/h5-7,9,15-17,22,24-25,39,51H,8,10-14,18H2,1-4H3,(H,38,40,42)(H,41,48,49)/t22?,24-,25-/m1/s1. The van der Waals surface area contributed by atoms with Crippen LogP contribution in [-0.4, -0.2) is 76.7 Å². The first-order valence-corrected chi connectivity index (χ1v) is 17.3. The van der Waals surface area contributed by atoms with Crippen LogP contribution in [0.2, 0.25) is 5.02 Å². The van der Waals surface area contributed by atoms with Crippen molar-refractivity contribution >= 4 is 68.5 Å². The maximum absolute atomic E-state index is 15.7. The second-order valence-electron chi connectivity index (χ2n) is 14.0. The number of aromatic nitrogens is 6. The third-order valence-electron chi connectivity index (χ3n) is 9.71. The number of nitrogens with one attached hydrogen (secondary N) is 3. The van der Waals surface area contributed by atoms with E-state index in [4.69, 9.17) is 11.6 Å². The summed E-state index contributed by atoms with van der Waals surface area (Å²) in [5, 5.41) is 24.9. The van der Waals surface area contributed by atoms with Crippen LogP contribution in [0.15, 0.2) is 47.4 Å². The Morgan fingerprint density at radius 1 is 1.06 bits per heavy atom. The zero-order chi connectivity index (χ0) is 36.2. The number of rotatable bonds is 9. The first-order chi connectivity index (χ1) is 24.3. The third kappa shape index (κ3) is 6.87. The van der Waals surface area contributed by atoms with Crippen molar-refractivity contribution in [1.29, 1.82) is 0 Å². The van der Waals surface area contributed by atoms with Gasteiger partial charge in [-0.15, -0.1) is 0 Å². The van der Waals surface area contributed by atoms with E-state index in [0.29, 0.717) is 61.0 Å². The van der Waals surface area contributed by atoms with Crippen LogP contribution in [-0.2, 0) is 30.2 Å². The molecule has 3 atom stereocenters. The zero-order valence-electron chi connectivity index (χ0n) is 28.8. The molecule has 268 valence electrons. The summed E-state index contributed by atoms with van der Waals surface area (Å²) in [6.07, 6.45) is 1.80. The van der Waals surface area contributed by atoms with Gasteiger partial charge < -0.3 is 20.6 Å². The minimum atomic E-state index is -1.24. The molecular formula is C35H40ClFN10O4. The number of imide groups is 1. The fourth-order valence-corrected chi connectivity index (χ4v) is 7.01. The van der Waals surface area contributed by atoms with Crippen LogP contribution >= 0.6 is 11.6 Å². The van der Waals surface area contributed by atoms with Crippen LogP contribution in [0.5, 0.6) is 0 Å². The van der Waals surface area contributed by atoms with Gasteiger partial charge in [0.05, 0.1) is 52.5 Å². The molecule has 0 saturated carbocycles. The summed E-state index contributed by atoms with van der Waals surface area (Å²) in [5.41, 5.74) is 3.16. The average Bonchev–Trinajstić information content (AvgIpc) is 3.52. The van der Waals surface area contributed by atoms with Crippen molar-refractivity contribution in [3.63, 3.8) is 0 Å². The molecule has 2 aliphatic heterocycles. The van der Waals surface area contributed by atoms with Crippen molar-refractivity contribution in [1.82, 2.24) is 34.2 Å². The molecule has 0 bridgehead atoms. The van der Waals surface area contributed by atoms with Gasteiger partial charge in [-0.25, -0.2) is 14.2 Å². The normalized spacial score (nSPS) is 19.9. The lowest BCUT2D eigenvalue weighted by molar-refractivity contribution is -0.134. The lowest BCUT2D eigenvalue weighted by Crippen LogP contribution is -2.48. The number of hydrogen-bond acceptors (Lipinski definition) is 10. The number of aryl methyl sites for hydroxylation is 3. The van der Waals surface area contributed by atoms with Crippen molar-refractivity contribution in [3.05, 3.63) is 63.8 Å². The van der Waals surface area contributed by atoms with Gasteiger partial charge in [-0.05, 0) is 69.5 Å². The number of halogens is 2. The van der Waals surface area contributed by atoms with Gasteiger partial charge in [0.25, 0.3) is 0 Å². The van der Waals surface area contributed by atoms with E-state index in [0.717, 1.165) is 22.1 Å². The van der Waals surface area contributed by atoms with Gasteiger partial charge in [0, 0.05) is 50.4 Å². The van der Waals surface area contributed by atoms with E-state index < -0.39 is 23.7 Å². The topological polar surface area (TPSA) is 164 Å². The quantitative estimate of drug-likeness (QED) is 0.163. The minimum absolute atomic E-state index is 0.0653. The summed E-state index contributed by atoms with van der Waals surface area (Å²) >= 11 is 6.50. The van der Waals surface area contributed by atoms with E-state index >= 15 is 4.39 Å². The fraction of sp³-hybridized carbons (Fsp3) is 0.429. The molecule has 5 heterocycles. The Kier molecular flexibility index (Phi) is 8.96. The summed E-state index contributed by atoms with van der Waals surface area (Å²) in [6, 6.07) is 10.7. The van der Waals surface area contributed by atoms with Gasteiger partial charge >= 0.3 is 5.69 Å². The van der Waals surface area contributed by atoms with E-state index in [-0.39, 0.29) is 35.5 Å². The Balaban J connectivity index is 1.04. The predicted octanol–water partition coefficient (Wildman–Crippen LogP) is 4.12. The first kappa shape index (κ1) is 34.4. The van der Waals surface area contributed by atoms with Crippen LogP contribution in [0.25, 0.3) is 21.9 Å². The number of fused-ring (bicyclic) bond motifs is 2. The van der Waals surface area contributed by atoms with Gasteiger partial charge in [0.1, 0.15) is 11.2 Å². The number of amides is 2. The van der Waals surface area contributed by atoms with Crippen LogP contribution in [0.3, 0.4) is 0 Å². The Morgan fingerprint density at radius 2 is 1.82 bits per heavy atom. The van der Waals surface area contributed by atoms with Crippen LogP contribution in [0, 0.1) is 0 Å². The number of alkyl halides is 1. The molecule has 3 aromatic heterocycles. The number of anilines is 4. The van der Waals surface area contributed by atoms with Crippen LogP contribution in [0.4, 0.5) is 27.5 Å². The van der Waals surface area contributed by atoms with Crippen molar-refractivity contribution in [3.8, 4) is 0 Å². The van der Waals surface area contributed by atoms with E-state index in [1.807, 2.05) is 36.4 Å². The Bertz CT molecular complexity index is 2220. The molecule has 14 nitrogen and oxygen atoms in total. The molecule has 2 aromatic carbocycles. The summed E-state index contributed by atoms with van der Waals surface area (Å²) in [6.45, 7) is 4.33. The first-order valence-electron chi connectivity index (χ1n) is 16.9. The molecule has 51 heavy (non-hydrogen) atoms. The third-order valence-corrected chi connectivity index (χ3v) is 9.99. The van der Waals surface area contributed by atoms with E-state index in [1.54, 1.807) is 46.7 Å². The van der Waals surface area contributed by atoms with Crippen LogP contribution in [0.1, 0.15) is 51.1 Å². The highest BCUT2D eigenvalue weighted by Crippen LogP contribution is 2.33. The monoisotopic (exact) mass is 718 g/mol. The number of nitrogens with zero attached hydrogens (tertiary/aromatic N) is 7. The maximum atomic E-state index is 15.7. The van der Waals surface area contributed by atoms with E-state index in [1.165, 1.54) is 6.20 Å². The Labute approximate surface area is 297 Å². The van der Waals surface area contributed by atoms with E-state index in [2.05, 4.69) is 31.0 Å². The molecule has 2 saturated heterocycles. The number of aliphatic hydroxyl groups is 1. The van der Waals surface area contributed by atoms with E-state index in [9.17, 15) is 19.5 Å². The number of piperidine rings is 2. The highest BCUT2D eigenvalue weighted by Gasteiger charge is 2.33. The molecule has 5 aromatic rings. The molecular weight excluding hydrogens is 679 g/mol. The molecule has 0 aliphatic carbocycles. The molecule has 2 aliphatic rings. The SMILES string of the molecule is Cn1nc(C2CCC(=O)NC2=O)c2ccc(N[C@@H]3CCN(c4ncc(Cl)c(Nc5ccc6c(c5)n(CCC(C)(C)O)c(=O)n6C)n4)C[C@H]3F)cc21. The van der Waals surface area contributed by atoms with Crippen molar-refractivity contribution in [2.24, 2.45) is 14.1 Å². The summed E-state index contributed by atoms with van der Waals surface area (Å²) < 4.78 is 20.6. The summed E-state index contributed by atoms with van der Waals surface area (Å²) in [4.78, 5) is 47.9. The molecule has 2 amide bonds. The smallest absolute Gasteiger partial charge is 0.328 e. The Morgan fingerprint density at radius 3 is 2.57 bits per heavy atom. The maximum Gasteiger partial charge on any atom is 0.328 e. The molecule has 1 unspecified atom stereocenters. The number of benzene rings is 2. The van der Waals surface area contributed by atoms with Gasteiger partial charge in [0.2, 0.25) is 17.8 Å². The van der Waals surface area contributed by atoms with Crippen molar-refractivity contribution < 1.29 is 19.1 Å². The largest absolute Gasteiger partial charge is 0.390 e. The Hall–Kier alpha value is -5.02. The van der Waals surface area contributed by atoms with Gasteiger partial charge in [0.15, 0.2) is 5.82 Å². The minimum Gasteiger partial charge on any atom is -0.390 e. The number of hydrogen-bond donors (Lipinski definition) is 4. The van der Waals surface area contributed by atoms with Crippen molar-refractivity contribution in [2.45, 2.75) is 69.8 Å². The molecule has 4 N–H and O–H groups in total. The number of imidazole rings is 1. The van der Waals surface area contributed by atoms with Crippen molar-refractivity contribution in [2.75, 3.05) is 28.6 Å². The fourth-order valence-electron chi connectivity index (χ4n) is 6.87. The van der Waals surface area contributed by atoms with Crippen LogP contribution < -0.4 is 26.5 Å². The molecule has 7 rings (SSSR count). The second kappa shape index (κ2) is 13.3. The van der Waals surface area contributed by atoms with Gasteiger partial charge in [-0.3, -0.25) is 28.7 Å².